The predicted molar refractivity (Wildman–Crippen MR) is 125 cm³/mol. The molecule has 1 amide bonds. The van der Waals surface area contributed by atoms with Crippen molar-refractivity contribution in [2.24, 2.45) is 7.05 Å². The number of aromatic nitrogens is 2. The van der Waals surface area contributed by atoms with Crippen LogP contribution < -0.4 is 24.2 Å². The number of hydrogen-bond acceptors (Lipinski definition) is 7. The maximum atomic E-state index is 13.0. The number of hydrogen-bond donors (Lipinski definition) is 2. The predicted octanol–water partition coefficient (Wildman–Crippen LogP) is 2.61. The van der Waals surface area contributed by atoms with E-state index >= 15 is 0 Å². The average Bonchev–Trinajstić information content (AvgIpc) is 3.28. The number of nitrogens with zero attached hydrogens (tertiary/aromatic N) is 2. The Hall–Kier alpha value is -2.87. The number of rotatable bonds is 6. The number of nitrogens with one attached hydrogen (secondary N) is 2. The summed E-state index contributed by atoms with van der Waals surface area (Å²) in [6, 6.07) is 10.5. The second-order valence-corrected chi connectivity index (χ2v) is 10.8. The highest BCUT2D eigenvalue weighted by Gasteiger charge is 2.32. The van der Waals surface area contributed by atoms with Gasteiger partial charge in [0.15, 0.2) is 11.5 Å². The van der Waals surface area contributed by atoms with Crippen LogP contribution >= 0.6 is 18.5 Å². The normalized spacial score (nSPS) is 14.1. The third kappa shape index (κ3) is 4.50. The Kier molecular flexibility index (Phi) is 5.75. The standard InChI is InChI=1S/C19H20N4O6P2S/c1-23-13(7-8-20-23)18(24)21-11-4-6-17(16(9-11)27-2)32(25,26)22-12-3-5-14-15(10-12)29-19(30,31)28-14/h3-10,22H,30-31H2,1-2H3,(H,21,24). The summed E-state index contributed by atoms with van der Waals surface area (Å²) in [7, 11) is 3.77. The van der Waals surface area contributed by atoms with Gasteiger partial charge in [0.1, 0.15) is 16.3 Å². The Labute approximate surface area is 189 Å². The maximum absolute atomic E-state index is 13.0. The average molecular weight is 494 g/mol. The van der Waals surface area contributed by atoms with Gasteiger partial charge in [-0.15, -0.1) is 0 Å². The molecule has 0 saturated heterocycles. The molecule has 2 aromatic carbocycles. The van der Waals surface area contributed by atoms with Gasteiger partial charge in [0.2, 0.25) is 0 Å². The van der Waals surface area contributed by atoms with Crippen molar-refractivity contribution in [2.75, 3.05) is 17.1 Å². The van der Waals surface area contributed by atoms with Crippen LogP contribution in [0.15, 0.2) is 53.6 Å². The van der Waals surface area contributed by atoms with Gasteiger partial charge in [-0.25, -0.2) is 8.42 Å². The second kappa shape index (κ2) is 8.24. The van der Waals surface area contributed by atoms with E-state index in [2.05, 4.69) is 33.6 Å². The minimum Gasteiger partial charge on any atom is -0.495 e. The Morgan fingerprint density at radius 1 is 1.09 bits per heavy atom. The van der Waals surface area contributed by atoms with Crippen molar-refractivity contribution in [1.29, 1.82) is 0 Å². The number of methoxy groups -OCH3 is 1. The van der Waals surface area contributed by atoms with E-state index < -0.39 is 15.3 Å². The first-order valence-electron chi connectivity index (χ1n) is 9.18. The second-order valence-electron chi connectivity index (χ2n) is 6.85. The molecule has 0 saturated carbocycles. The van der Waals surface area contributed by atoms with Crippen LogP contribution in [0.5, 0.6) is 17.2 Å². The van der Waals surface area contributed by atoms with Crippen molar-refractivity contribution >= 4 is 45.8 Å². The summed E-state index contributed by atoms with van der Waals surface area (Å²) < 4.78 is 46.3. The van der Waals surface area contributed by atoms with E-state index in [-0.39, 0.29) is 22.2 Å². The molecule has 0 spiro atoms. The Morgan fingerprint density at radius 2 is 1.81 bits per heavy atom. The molecule has 4 rings (SSSR count). The van der Waals surface area contributed by atoms with Gasteiger partial charge in [0.25, 0.3) is 21.2 Å². The molecule has 0 bridgehead atoms. The highest BCUT2D eigenvalue weighted by atomic mass is 32.2. The first kappa shape index (κ1) is 22.3. The van der Waals surface area contributed by atoms with E-state index in [1.807, 2.05) is 0 Å². The van der Waals surface area contributed by atoms with Crippen molar-refractivity contribution in [3.05, 3.63) is 54.4 Å². The first-order chi connectivity index (χ1) is 15.1. The molecule has 13 heteroatoms. The summed E-state index contributed by atoms with van der Waals surface area (Å²) in [5.74, 6) is 0.565. The third-order valence-corrected chi connectivity index (χ3v) is 6.39. The van der Waals surface area contributed by atoms with Gasteiger partial charge in [-0.1, -0.05) is 0 Å². The Balaban J connectivity index is 1.56. The number of carbonyl (C=O) groups is 1. The lowest BCUT2D eigenvalue weighted by atomic mass is 10.3. The van der Waals surface area contributed by atoms with Crippen molar-refractivity contribution < 1.29 is 27.4 Å². The number of amides is 1. The largest absolute Gasteiger partial charge is 0.495 e. The molecule has 32 heavy (non-hydrogen) atoms. The zero-order valence-electron chi connectivity index (χ0n) is 17.0. The molecular weight excluding hydrogens is 474 g/mol. The SMILES string of the molecule is COc1cc(NC(=O)c2ccnn2C)ccc1S(=O)(=O)Nc1ccc2c(c1)OC(P)(P)O2. The first-order valence-corrected chi connectivity index (χ1v) is 11.8. The molecule has 2 unspecified atom stereocenters. The maximum Gasteiger partial charge on any atom is 0.273 e. The molecule has 1 aliphatic rings. The molecule has 2 atom stereocenters. The van der Waals surface area contributed by atoms with E-state index in [4.69, 9.17) is 14.2 Å². The number of ether oxygens (including phenoxy) is 3. The number of fused-ring (bicyclic) bond motifs is 1. The lowest BCUT2D eigenvalue weighted by molar-refractivity contribution is 0.0987. The van der Waals surface area contributed by atoms with E-state index in [1.165, 1.54) is 42.3 Å². The highest BCUT2D eigenvalue weighted by Crippen LogP contribution is 2.46. The minimum absolute atomic E-state index is 0.0648. The fourth-order valence-corrected chi connectivity index (χ4v) is 4.78. The monoisotopic (exact) mass is 494 g/mol. The van der Waals surface area contributed by atoms with Crippen molar-refractivity contribution in [1.82, 2.24) is 9.78 Å². The summed E-state index contributed by atoms with van der Waals surface area (Å²) >= 11 is 0. The molecular formula is C19H20N4O6P2S. The van der Waals surface area contributed by atoms with Crippen molar-refractivity contribution in [3.8, 4) is 17.2 Å². The zero-order valence-corrected chi connectivity index (χ0v) is 20.2. The van der Waals surface area contributed by atoms with E-state index in [0.29, 0.717) is 22.9 Å². The number of anilines is 2. The van der Waals surface area contributed by atoms with Crippen molar-refractivity contribution in [3.63, 3.8) is 0 Å². The number of sulfonamides is 1. The van der Waals surface area contributed by atoms with Gasteiger partial charge < -0.3 is 19.5 Å². The zero-order chi connectivity index (χ0) is 23.1. The van der Waals surface area contributed by atoms with E-state index in [9.17, 15) is 13.2 Å². The quantitative estimate of drug-likeness (QED) is 0.506. The van der Waals surface area contributed by atoms with Gasteiger partial charge in [-0.05, 0) is 48.8 Å². The summed E-state index contributed by atoms with van der Waals surface area (Å²) in [5.41, 5.74) is 1.01. The molecule has 2 N–H and O–H groups in total. The molecule has 0 radical (unpaired) electrons. The minimum atomic E-state index is -4.01. The Bertz CT molecular complexity index is 1310. The van der Waals surface area contributed by atoms with Crippen LogP contribution in [0.3, 0.4) is 0 Å². The highest BCUT2D eigenvalue weighted by molar-refractivity contribution is 7.92. The van der Waals surface area contributed by atoms with Gasteiger partial charge >= 0.3 is 0 Å². The lowest BCUT2D eigenvalue weighted by Gasteiger charge is -2.15. The molecule has 1 aromatic heterocycles. The molecule has 1 aliphatic heterocycles. The number of benzene rings is 2. The van der Waals surface area contributed by atoms with Crippen LogP contribution in [-0.4, -0.2) is 36.5 Å². The summed E-state index contributed by atoms with van der Waals surface area (Å²) in [4.78, 5) is 12.3. The van der Waals surface area contributed by atoms with Gasteiger partial charge in [-0.3, -0.25) is 14.2 Å². The molecule has 0 fully saturated rings. The van der Waals surface area contributed by atoms with Crippen LogP contribution in [0.25, 0.3) is 0 Å². The number of carbonyl (C=O) groups excluding carboxylic acids is 1. The van der Waals surface area contributed by atoms with Crippen LogP contribution in [0.1, 0.15) is 10.5 Å². The van der Waals surface area contributed by atoms with Gasteiger partial charge in [-0.2, -0.15) is 5.10 Å². The third-order valence-electron chi connectivity index (χ3n) is 4.50. The smallest absolute Gasteiger partial charge is 0.273 e. The molecule has 168 valence electrons. The number of aryl methyl sites for hydroxylation is 1. The van der Waals surface area contributed by atoms with Crippen LogP contribution in [0.2, 0.25) is 0 Å². The van der Waals surface area contributed by atoms with Gasteiger partial charge in [0, 0.05) is 31.1 Å². The van der Waals surface area contributed by atoms with Crippen LogP contribution in [-0.2, 0) is 17.1 Å². The summed E-state index contributed by atoms with van der Waals surface area (Å²) in [6.45, 7) is 0. The van der Waals surface area contributed by atoms with Crippen LogP contribution in [0.4, 0.5) is 11.4 Å². The topological polar surface area (TPSA) is 121 Å². The van der Waals surface area contributed by atoms with Crippen molar-refractivity contribution in [2.45, 2.75) is 10.2 Å². The van der Waals surface area contributed by atoms with E-state index in [0.717, 1.165) is 0 Å². The molecule has 10 nitrogen and oxygen atoms in total. The molecule has 2 heterocycles. The molecule has 3 aromatic rings. The fourth-order valence-electron chi connectivity index (χ4n) is 3.07. The van der Waals surface area contributed by atoms with E-state index in [1.54, 1.807) is 25.2 Å². The molecule has 0 aliphatic carbocycles. The lowest BCUT2D eigenvalue weighted by Crippen LogP contribution is -2.21. The van der Waals surface area contributed by atoms with Crippen LogP contribution in [0, 0.1) is 0 Å². The Morgan fingerprint density at radius 3 is 2.50 bits per heavy atom. The summed E-state index contributed by atoms with van der Waals surface area (Å²) in [5, 5.41) is 5.66. The summed E-state index contributed by atoms with van der Waals surface area (Å²) in [6.07, 6.45) is 1.51. The fraction of sp³-hybridized carbons (Fsp3) is 0.158. The van der Waals surface area contributed by atoms with Gasteiger partial charge in [0.05, 0.1) is 12.8 Å².